The summed E-state index contributed by atoms with van der Waals surface area (Å²) in [5, 5.41) is 0. The number of hydrogen-bond donors (Lipinski definition) is 1. The lowest BCUT2D eigenvalue weighted by Gasteiger charge is -2.26. The zero-order valence-electron chi connectivity index (χ0n) is 20.4. The van der Waals surface area contributed by atoms with Crippen LogP contribution in [-0.2, 0) is 30.9 Å². The molecule has 8 nitrogen and oxygen atoms in total. The lowest BCUT2D eigenvalue weighted by Crippen LogP contribution is -2.28. The van der Waals surface area contributed by atoms with Gasteiger partial charge in [0.05, 0.1) is 35.7 Å². The van der Waals surface area contributed by atoms with E-state index < -0.39 is 16.0 Å². The molecule has 0 fully saturated rings. The third-order valence-corrected chi connectivity index (χ3v) is 7.98. The molecule has 0 aliphatic carbocycles. The van der Waals surface area contributed by atoms with Gasteiger partial charge in [0.2, 0.25) is 10.0 Å². The van der Waals surface area contributed by atoms with Crippen molar-refractivity contribution in [3.05, 3.63) is 105 Å². The number of rotatable bonds is 8. The fraction of sp³-hybridized carbons (Fsp3) is 0.185. The molecule has 37 heavy (non-hydrogen) atoms. The van der Waals surface area contributed by atoms with Gasteiger partial charge in [0.15, 0.2) is 0 Å². The van der Waals surface area contributed by atoms with Crippen molar-refractivity contribution < 1.29 is 27.2 Å². The smallest absolute Gasteiger partial charge is 0.340 e. The molecular formula is C27H25BrN2O6S. The third-order valence-electron chi connectivity index (χ3n) is 6.03. The standard InChI is InChI=1S/C27H25BrN2O6S/c1-17(19-7-5-4-6-8-19)30-18(2)25(27(32)35-3)24(26(30)31)15-21-11-12-22(36-21)16-29-37(33,34)23-13-9-20(28)10-14-23/h4-15,17,29H,16H2,1-3H3/b24-15+/t17-/m0/s1. The summed E-state index contributed by atoms with van der Waals surface area (Å²) in [5.74, 6) is -0.352. The van der Waals surface area contributed by atoms with Crippen LogP contribution in [0.4, 0.5) is 0 Å². The number of allylic oxidation sites excluding steroid dienone is 1. The number of nitrogens with one attached hydrogen (secondary N) is 1. The first kappa shape index (κ1) is 26.6. The number of amides is 1. The summed E-state index contributed by atoms with van der Waals surface area (Å²) in [6.07, 6.45) is 1.47. The Balaban J connectivity index is 1.58. The highest BCUT2D eigenvalue weighted by Crippen LogP contribution is 2.37. The van der Waals surface area contributed by atoms with Crippen LogP contribution < -0.4 is 4.72 Å². The van der Waals surface area contributed by atoms with Crippen LogP contribution in [0.25, 0.3) is 6.08 Å². The number of nitrogens with zero attached hydrogens (tertiary/aromatic N) is 1. The fourth-order valence-corrected chi connectivity index (χ4v) is 5.38. The van der Waals surface area contributed by atoms with E-state index in [-0.39, 0.29) is 34.5 Å². The molecule has 0 saturated heterocycles. The molecule has 2 aromatic carbocycles. The van der Waals surface area contributed by atoms with Crippen molar-refractivity contribution in [2.75, 3.05) is 7.11 Å². The van der Waals surface area contributed by atoms with E-state index in [1.165, 1.54) is 25.3 Å². The Morgan fingerprint density at radius 2 is 1.78 bits per heavy atom. The molecule has 192 valence electrons. The summed E-state index contributed by atoms with van der Waals surface area (Å²) in [5.41, 5.74) is 1.69. The van der Waals surface area contributed by atoms with Gasteiger partial charge >= 0.3 is 5.97 Å². The van der Waals surface area contributed by atoms with E-state index in [9.17, 15) is 18.0 Å². The highest BCUT2D eigenvalue weighted by atomic mass is 79.9. The zero-order chi connectivity index (χ0) is 26.7. The van der Waals surface area contributed by atoms with Gasteiger partial charge in [-0.15, -0.1) is 0 Å². The molecule has 0 saturated carbocycles. The normalized spacial score (nSPS) is 15.9. The molecule has 2 heterocycles. The van der Waals surface area contributed by atoms with Crippen LogP contribution in [0.1, 0.15) is 37.0 Å². The molecule has 1 N–H and O–H groups in total. The number of benzene rings is 2. The molecule has 10 heteroatoms. The highest BCUT2D eigenvalue weighted by Gasteiger charge is 2.39. The van der Waals surface area contributed by atoms with Crippen LogP contribution in [0.2, 0.25) is 0 Å². The average molecular weight is 585 g/mol. The third kappa shape index (κ3) is 5.61. The fourth-order valence-electron chi connectivity index (χ4n) is 4.12. The number of esters is 1. The van der Waals surface area contributed by atoms with Crippen LogP contribution in [0.5, 0.6) is 0 Å². The van der Waals surface area contributed by atoms with Crippen LogP contribution in [0.15, 0.2) is 97.4 Å². The molecule has 3 aromatic rings. The molecule has 1 aromatic heterocycles. The Kier molecular flexibility index (Phi) is 7.82. The van der Waals surface area contributed by atoms with Gasteiger partial charge < -0.3 is 14.1 Å². The summed E-state index contributed by atoms with van der Waals surface area (Å²) in [7, 11) is -2.49. The molecule has 4 rings (SSSR count). The highest BCUT2D eigenvalue weighted by molar-refractivity contribution is 9.10. The second-order valence-corrected chi connectivity index (χ2v) is 11.0. The predicted octanol–water partition coefficient (Wildman–Crippen LogP) is 4.95. The predicted molar refractivity (Wildman–Crippen MR) is 141 cm³/mol. The van der Waals surface area contributed by atoms with Gasteiger partial charge in [-0.2, -0.15) is 0 Å². The topological polar surface area (TPSA) is 106 Å². The number of halogens is 1. The Bertz CT molecular complexity index is 1490. The van der Waals surface area contributed by atoms with Crippen LogP contribution in [0, 0.1) is 0 Å². The number of carbonyl (C=O) groups is 2. The maximum absolute atomic E-state index is 13.5. The van der Waals surface area contributed by atoms with E-state index in [0.29, 0.717) is 17.2 Å². The number of carbonyl (C=O) groups excluding carboxylic acids is 2. The van der Waals surface area contributed by atoms with Crippen LogP contribution in [-0.4, -0.2) is 32.3 Å². The monoisotopic (exact) mass is 584 g/mol. The van der Waals surface area contributed by atoms with E-state index in [1.54, 1.807) is 36.1 Å². The van der Waals surface area contributed by atoms with E-state index in [0.717, 1.165) is 10.0 Å². The summed E-state index contributed by atoms with van der Waals surface area (Å²) in [6, 6.07) is 18.6. The lowest BCUT2D eigenvalue weighted by atomic mass is 10.1. The Morgan fingerprint density at radius 3 is 2.43 bits per heavy atom. The van der Waals surface area contributed by atoms with Crippen molar-refractivity contribution in [3.8, 4) is 0 Å². The van der Waals surface area contributed by atoms with E-state index >= 15 is 0 Å². The Labute approximate surface area is 223 Å². The van der Waals surface area contributed by atoms with Gasteiger partial charge in [-0.05, 0) is 61.9 Å². The Hall–Kier alpha value is -3.47. The second kappa shape index (κ2) is 10.9. The molecule has 0 unspecified atom stereocenters. The summed E-state index contributed by atoms with van der Waals surface area (Å²) >= 11 is 3.28. The quantitative estimate of drug-likeness (QED) is 0.296. The van der Waals surface area contributed by atoms with Crippen LogP contribution >= 0.6 is 15.9 Å². The van der Waals surface area contributed by atoms with Crippen molar-refractivity contribution in [2.24, 2.45) is 0 Å². The number of methoxy groups -OCH3 is 1. The maximum Gasteiger partial charge on any atom is 0.340 e. The van der Waals surface area contributed by atoms with Crippen molar-refractivity contribution in [2.45, 2.75) is 31.3 Å². The molecule has 0 spiro atoms. The van der Waals surface area contributed by atoms with Gasteiger partial charge in [0.25, 0.3) is 5.91 Å². The van der Waals surface area contributed by atoms with Gasteiger partial charge in [-0.1, -0.05) is 46.3 Å². The molecule has 1 atom stereocenters. The number of furan rings is 1. The maximum atomic E-state index is 13.5. The van der Waals surface area contributed by atoms with Gasteiger partial charge in [0.1, 0.15) is 11.5 Å². The zero-order valence-corrected chi connectivity index (χ0v) is 22.8. The van der Waals surface area contributed by atoms with Crippen LogP contribution in [0.3, 0.4) is 0 Å². The first-order valence-electron chi connectivity index (χ1n) is 11.4. The van der Waals surface area contributed by atoms with Crippen molar-refractivity contribution in [1.82, 2.24) is 9.62 Å². The summed E-state index contributed by atoms with van der Waals surface area (Å²) < 4.78 is 39.1. The van der Waals surface area contributed by atoms with Gasteiger partial charge in [-0.25, -0.2) is 17.9 Å². The SMILES string of the molecule is COC(=O)C1=C(C)N([C@@H](C)c2ccccc2)C(=O)/C1=C/c1ccc(CNS(=O)(=O)c2ccc(Br)cc2)o1. The molecule has 1 amide bonds. The van der Waals surface area contributed by atoms with Crippen molar-refractivity contribution >= 4 is 43.9 Å². The molecule has 1 aliphatic rings. The van der Waals surface area contributed by atoms with E-state index in [1.807, 2.05) is 37.3 Å². The number of ether oxygens (including phenoxy) is 1. The van der Waals surface area contributed by atoms with E-state index in [4.69, 9.17) is 9.15 Å². The first-order chi connectivity index (χ1) is 17.6. The average Bonchev–Trinajstić information content (AvgIpc) is 3.44. The largest absolute Gasteiger partial charge is 0.465 e. The second-order valence-electron chi connectivity index (χ2n) is 8.35. The van der Waals surface area contributed by atoms with E-state index in [2.05, 4.69) is 20.7 Å². The van der Waals surface area contributed by atoms with Crippen molar-refractivity contribution in [3.63, 3.8) is 0 Å². The lowest BCUT2D eigenvalue weighted by molar-refractivity contribution is -0.136. The van der Waals surface area contributed by atoms with Gasteiger partial charge in [-0.3, -0.25) is 4.79 Å². The van der Waals surface area contributed by atoms with Gasteiger partial charge in [0, 0.05) is 10.2 Å². The molecule has 1 aliphatic heterocycles. The van der Waals surface area contributed by atoms with Crippen molar-refractivity contribution in [1.29, 1.82) is 0 Å². The minimum atomic E-state index is -3.75. The molecular weight excluding hydrogens is 560 g/mol. The summed E-state index contributed by atoms with van der Waals surface area (Å²) in [4.78, 5) is 27.8. The summed E-state index contributed by atoms with van der Waals surface area (Å²) in [6.45, 7) is 3.50. The minimum absolute atomic E-state index is 0.0919. The molecule has 0 radical (unpaired) electrons. The Morgan fingerprint density at radius 1 is 1.11 bits per heavy atom. The number of sulfonamides is 1. The minimum Gasteiger partial charge on any atom is -0.465 e. The molecule has 0 bridgehead atoms. The first-order valence-corrected chi connectivity index (χ1v) is 13.6. The number of hydrogen-bond acceptors (Lipinski definition) is 6.